The van der Waals surface area contributed by atoms with Crippen LogP contribution in [0.1, 0.15) is 40.8 Å². The predicted molar refractivity (Wildman–Crippen MR) is 114 cm³/mol. The molecule has 0 amide bonds. The van der Waals surface area contributed by atoms with E-state index in [1.807, 2.05) is 36.8 Å². The van der Waals surface area contributed by atoms with Crippen LogP contribution in [-0.2, 0) is 18.5 Å². The van der Waals surface area contributed by atoms with Gasteiger partial charge in [-0.05, 0) is 54.8 Å². The van der Waals surface area contributed by atoms with E-state index in [0.717, 1.165) is 26.2 Å². The van der Waals surface area contributed by atoms with E-state index in [2.05, 4.69) is 56.9 Å². The molecule has 0 unspecified atom stereocenters. The van der Waals surface area contributed by atoms with Gasteiger partial charge in [0.2, 0.25) is 0 Å². The molecule has 0 radical (unpaired) electrons. The maximum absolute atomic E-state index is 8.97. The molecule has 1 aliphatic carbocycles. The van der Waals surface area contributed by atoms with Gasteiger partial charge < -0.3 is 4.57 Å². The maximum atomic E-state index is 8.97. The van der Waals surface area contributed by atoms with Gasteiger partial charge in [-0.15, -0.1) is 0 Å². The number of nitrogens with zero attached hydrogens (tertiary/aromatic N) is 4. The van der Waals surface area contributed by atoms with Crippen molar-refractivity contribution in [1.82, 2.24) is 14.5 Å². The summed E-state index contributed by atoms with van der Waals surface area (Å²) in [7, 11) is 0. The summed E-state index contributed by atoms with van der Waals surface area (Å²) >= 11 is 0. The van der Waals surface area contributed by atoms with Gasteiger partial charge in [0.25, 0.3) is 0 Å². The van der Waals surface area contributed by atoms with E-state index in [1.54, 1.807) is 0 Å². The van der Waals surface area contributed by atoms with Gasteiger partial charge in [-0.25, -0.2) is 4.98 Å². The summed E-state index contributed by atoms with van der Waals surface area (Å²) in [5, 5.41) is 8.97. The highest BCUT2D eigenvalue weighted by molar-refractivity contribution is 5.65. The zero-order valence-electron chi connectivity index (χ0n) is 16.5. The van der Waals surface area contributed by atoms with Crippen LogP contribution in [0.25, 0.3) is 6.08 Å². The molecule has 29 heavy (non-hydrogen) atoms. The molecule has 0 N–H and O–H groups in total. The van der Waals surface area contributed by atoms with Gasteiger partial charge in [0, 0.05) is 24.7 Å². The van der Waals surface area contributed by atoms with Crippen LogP contribution in [0.2, 0.25) is 0 Å². The summed E-state index contributed by atoms with van der Waals surface area (Å²) in [5.74, 6) is 0. The van der Waals surface area contributed by atoms with Crippen LogP contribution in [0.4, 0.5) is 0 Å². The highest BCUT2D eigenvalue weighted by Gasteiger charge is 2.37. The van der Waals surface area contributed by atoms with Crippen LogP contribution in [0.5, 0.6) is 0 Å². The summed E-state index contributed by atoms with van der Waals surface area (Å²) in [6.07, 6.45) is 11.0. The van der Waals surface area contributed by atoms with E-state index in [9.17, 15) is 0 Å². The van der Waals surface area contributed by atoms with E-state index in [1.165, 1.54) is 35.2 Å². The van der Waals surface area contributed by atoms with Crippen molar-refractivity contribution in [3.05, 3.63) is 95.1 Å². The highest BCUT2D eigenvalue weighted by Crippen LogP contribution is 2.43. The molecule has 4 nitrogen and oxygen atoms in total. The molecule has 4 heteroatoms. The predicted octanol–water partition coefficient (Wildman–Crippen LogP) is 4.36. The quantitative estimate of drug-likeness (QED) is 0.675. The third-order valence-electron chi connectivity index (χ3n) is 6.45. The molecule has 0 atom stereocenters. The second-order valence-corrected chi connectivity index (χ2v) is 8.17. The third-order valence-corrected chi connectivity index (χ3v) is 6.45. The number of nitriles is 1. The van der Waals surface area contributed by atoms with E-state index < -0.39 is 0 Å². The Morgan fingerprint density at radius 1 is 1.00 bits per heavy atom. The van der Waals surface area contributed by atoms with Crippen LogP contribution in [0.3, 0.4) is 0 Å². The molecule has 2 heterocycles. The van der Waals surface area contributed by atoms with Gasteiger partial charge in [-0.3, -0.25) is 4.90 Å². The first-order chi connectivity index (χ1) is 14.3. The Morgan fingerprint density at radius 3 is 2.59 bits per heavy atom. The fourth-order valence-corrected chi connectivity index (χ4v) is 4.71. The Balaban J connectivity index is 1.25. The zero-order valence-corrected chi connectivity index (χ0v) is 16.5. The van der Waals surface area contributed by atoms with E-state index in [0.29, 0.717) is 5.56 Å². The molecule has 1 aliphatic heterocycles. The molecule has 2 aromatic carbocycles. The number of benzene rings is 2. The number of imidazole rings is 1. The normalized spacial score (nSPS) is 17.3. The lowest BCUT2D eigenvalue weighted by atomic mass is 9.74. The van der Waals surface area contributed by atoms with Crippen LogP contribution >= 0.6 is 0 Å². The minimum atomic E-state index is 0.232. The van der Waals surface area contributed by atoms with Crippen molar-refractivity contribution in [2.24, 2.45) is 0 Å². The maximum Gasteiger partial charge on any atom is 0.0991 e. The van der Waals surface area contributed by atoms with Gasteiger partial charge >= 0.3 is 0 Å². The SMILES string of the molecule is N#Cc1ccc(Cn2cncc2CN2CCC3(C=Cc4ccccc43)CC2)cc1. The number of aromatic nitrogens is 2. The van der Waals surface area contributed by atoms with Gasteiger partial charge in [0.15, 0.2) is 0 Å². The average molecular weight is 380 g/mol. The summed E-state index contributed by atoms with van der Waals surface area (Å²) in [6.45, 7) is 3.91. The minimum Gasteiger partial charge on any atom is -0.329 e. The van der Waals surface area contributed by atoms with E-state index in [-0.39, 0.29) is 5.41 Å². The van der Waals surface area contributed by atoms with Gasteiger partial charge in [-0.1, -0.05) is 48.6 Å². The molecule has 0 bridgehead atoms. The molecular formula is C25H24N4. The number of allylic oxidation sites excluding steroid dienone is 1. The smallest absolute Gasteiger partial charge is 0.0991 e. The molecule has 1 aromatic heterocycles. The summed E-state index contributed by atoms with van der Waals surface area (Å²) in [5.41, 5.74) is 6.26. The van der Waals surface area contributed by atoms with Crippen molar-refractivity contribution in [2.75, 3.05) is 13.1 Å². The van der Waals surface area contributed by atoms with Crippen molar-refractivity contribution in [1.29, 1.82) is 5.26 Å². The Hall–Kier alpha value is -3.16. The van der Waals surface area contributed by atoms with Gasteiger partial charge in [0.05, 0.1) is 23.7 Å². The Labute approximate surface area is 171 Å². The zero-order chi connectivity index (χ0) is 19.7. The number of hydrogen-bond acceptors (Lipinski definition) is 3. The molecule has 1 spiro atoms. The molecule has 2 aliphatic rings. The fraction of sp³-hybridized carbons (Fsp3) is 0.280. The topological polar surface area (TPSA) is 44.9 Å². The van der Waals surface area contributed by atoms with Crippen molar-refractivity contribution in [3.8, 4) is 6.07 Å². The lowest BCUT2D eigenvalue weighted by Crippen LogP contribution is -2.40. The van der Waals surface area contributed by atoms with Crippen molar-refractivity contribution in [2.45, 2.75) is 31.3 Å². The van der Waals surface area contributed by atoms with Crippen LogP contribution in [0.15, 0.2) is 67.1 Å². The van der Waals surface area contributed by atoms with Crippen molar-refractivity contribution < 1.29 is 0 Å². The van der Waals surface area contributed by atoms with Gasteiger partial charge in [-0.2, -0.15) is 5.26 Å². The minimum absolute atomic E-state index is 0.232. The monoisotopic (exact) mass is 380 g/mol. The van der Waals surface area contributed by atoms with E-state index in [4.69, 9.17) is 5.26 Å². The summed E-state index contributed by atoms with van der Waals surface area (Å²) in [4.78, 5) is 6.94. The lowest BCUT2D eigenvalue weighted by Gasteiger charge is -2.39. The van der Waals surface area contributed by atoms with E-state index >= 15 is 0 Å². The third kappa shape index (κ3) is 3.39. The fourth-order valence-electron chi connectivity index (χ4n) is 4.71. The molecule has 5 rings (SSSR count). The Morgan fingerprint density at radius 2 is 1.79 bits per heavy atom. The van der Waals surface area contributed by atoms with Crippen LogP contribution < -0.4 is 0 Å². The average Bonchev–Trinajstić information content (AvgIpc) is 3.35. The first kappa shape index (κ1) is 17.9. The molecule has 1 fully saturated rings. The molecule has 3 aromatic rings. The van der Waals surface area contributed by atoms with Crippen molar-refractivity contribution in [3.63, 3.8) is 0 Å². The first-order valence-electron chi connectivity index (χ1n) is 10.2. The van der Waals surface area contributed by atoms with Crippen LogP contribution in [-0.4, -0.2) is 27.5 Å². The highest BCUT2D eigenvalue weighted by atomic mass is 15.2. The number of rotatable bonds is 4. The number of likely N-dealkylation sites (tertiary alicyclic amines) is 1. The van der Waals surface area contributed by atoms with Crippen LogP contribution in [0, 0.1) is 11.3 Å². The Kier molecular flexibility index (Phi) is 4.54. The number of fused-ring (bicyclic) bond motifs is 2. The summed E-state index contributed by atoms with van der Waals surface area (Å²) < 4.78 is 2.22. The summed E-state index contributed by atoms with van der Waals surface area (Å²) in [6, 6.07) is 18.8. The molecule has 0 saturated carbocycles. The molecule has 144 valence electrons. The van der Waals surface area contributed by atoms with Gasteiger partial charge in [0.1, 0.15) is 0 Å². The van der Waals surface area contributed by atoms with Crippen molar-refractivity contribution >= 4 is 6.08 Å². The number of piperidine rings is 1. The largest absolute Gasteiger partial charge is 0.329 e. The molecular weight excluding hydrogens is 356 g/mol. The second-order valence-electron chi connectivity index (χ2n) is 8.17. The Bertz CT molecular complexity index is 1080. The lowest BCUT2D eigenvalue weighted by molar-refractivity contribution is 0.174. The standard InChI is InChI=1S/C25H24N4/c26-15-20-5-7-21(8-6-20)17-29-19-27-16-23(29)18-28-13-11-25(12-14-28)10-9-22-3-1-2-4-24(22)25/h1-10,16,19H,11-14,17-18H2. The molecule has 1 saturated heterocycles. The number of hydrogen-bond donors (Lipinski definition) is 0. The second kappa shape index (κ2) is 7.35. The first-order valence-corrected chi connectivity index (χ1v) is 10.2.